The van der Waals surface area contributed by atoms with Gasteiger partial charge in [-0.05, 0) is 19.1 Å². The molecule has 0 atom stereocenters. The van der Waals surface area contributed by atoms with Crippen LogP contribution in [0.4, 0.5) is 5.82 Å². The van der Waals surface area contributed by atoms with Crippen LogP contribution in [0, 0.1) is 6.92 Å². The molecule has 1 N–H and O–H groups in total. The summed E-state index contributed by atoms with van der Waals surface area (Å²) < 4.78 is 1.83. The molecule has 0 fully saturated rings. The molecule has 0 radical (unpaired) electrons. The first kappa shape index (κ1) is 15.0. The number of hydrogen-bond donors (Lipinski definition) is 1. The number of aromatic nitrogens is 2. The number of nitrogens with zero attached hydrogens (tertiary/aromatic N) is 2. The molecule has 2 heterocycles. The van der Waals surface area contributed by atoms with E-state index in [4.69, 9.17) is 0 Å². The summed E-state index contributed by atoms with van der Waals surface area (Å²) in [5, 5.41) is 2.72. The molecule has 0 saturated carbocycles. The molecule has 1 amide bonds. The van der Waals surface area contributed by atoms with Crippen LogP contribution in [0.3, 0.4) is 0 Å². The van der Waals surface area contributed by atoms with E-state index in [2.05, 4.69) is 10.3 Å². The second-order valence-electron chi connectivity index (χ2n) is 5.43. The number of anilines is 1. The topological polar surface area (TPSA) is 63.5 Å². The van der Waals surface area contributed by atoms with Gasteiger partial charge < -0.3 is 9.72 Å². The third kappa shape index (κ3) is 3.63. The molecule has 3 aromatic rings. The number of fused-ring (bicyclic) bond motifs is 1. The molecule has 0 unspecified atom stereocenters. The Kier molecular flexibility index (Phi) is 4.19. The molecule has 5 nitrogen and oxygen atoms in total. The normalized spacial score (nSPS) is 10.7. The summed E-state index contributed by atoms with van der Waals surface area (Å²) in [6, 6.07) is 13.0. The lowest BCUT2D eigenvalue weighted by molar-refractivity contribution is -0.116. The number of carbonyl (C=O) groups is 2. The van der Waals surface area contributed by atoms with Crippen molar-refractivity contribution in [1.82, 2.24) is 9.38 Å². The summed E-state index contributed by atoms with van der Waals surface area (Å²) in [6.45, 7) is 1.97. The first-order chi connectivity index (χ1) is 11.1. The van der Waals surface area contributed by atoms with Crippen LogP contribution >= 0.6 is 0 Å². The number of aryl methyl sites for hydroxylation is 1. The van der Waals surface area contributed by atoms with Crippen LogP contribution in [0.1, 0.15) is 28.8 Å². The Hall–Kier alpha value is -2.95. The molecule has 2 aromatic heterocycles. The fourth-order valence-corrected chi connectivity index (χ4v) is 2.31. The number of nitrogens with one attached hydrogen (secondary N) is 1. The molecular weight excluding hydrogens is 290 g/mol. The number of amides is 1. The predicted molar refractivity (Wildman–Crippen MR) is 88.6 cm³/mol. The maximum Gasteiger partial charge on any atom is 0.226 e. The van der Waals surface area contributed by atoms with E-state index < -0.39 is 0 Å². The van der Waals surface area contributed by atoms with Gasteiger partial charge in [0.25, 0.3) is 0 Å². The van der Waals surface area contributed by atoms with E-state index in [1.165, 1.54) is 0 Å². The van der Waals surface area contributed by atoms with Crippen LogP contribution < -0.4 is 5.32 Å². The molecule has 23 heavy (non-hydrogen) atoms. The largest absolute Gasteiger partial charge is 0.309 e. The maximum atomic E-state index is 12.1. The fraction of sp³-hybridized carbons (Fsp3) is 0.167. The van der Waals surface area contributed by atoms with Crippen molar-refractivity contribution in [2.45, 2.75) is 19.8 Å². The van der Waals surface area contributed by atoms with Gasteiger partial charge in [-0.3, -0.25) is 9.59 Å². The number of imidazole rings is 1. The highest BCUT2D eigenvalue weighted by molar-refractivity contribution is 5.99. The van der Waals surface area contributed by atoms with Gasteiger partial charge in [0.15, 0.2) is 11.6 Å². The number of benzene rings is 1. The number of pyridine rings is 1. The number of carbonyl (C=O) groups excluding carboxylic acids is 2. The molecule has 0 aliphatic heterocycles. The fourth-order valence-electron chi connectivity index (χ4n) is 2.31. The summed E-state index contributed by atoms with van der Waals surface area (Å²) in [5.74, 6) is 0.244. The predicted octanol–water partition coefficient (Wildman–Crippen LogP) is 3.24. The molecule has 3 rings (SSSR count). The summed E-state index contributed by atoms with van der Waals surface area (Å²) in [7, 11) is 0. The number of hydrogen-bond acceptors (Lipinski definition) is 3. The van der Waals surface area contributed by atoms with E-state index in [0.29, 0.717) is 11.4 Å². The first-order valence-corrected chi connectivity index (χ1v) is 7.45. The van der Waals surface area contributed by atoms with Crippen molar-refractivity contribution in [3.8, 4) is 0 Å². The first-order valence-electron chi connectivity index (χ1n) is 7.45. The number of rotatable bonds is 5. The zero-order chi connectivity index (χ0) is 16.2. The second kappa shape index (κ2) is 6.44. The Morgan fingerprint density at radius 2 is 1.87 bits per heavy atom. The average Bonchev–Trinajstić information content (AvgIpc) is 2.95. The van der Waals surface area contributed by atoms with Crippen molar-refractivity contribution in [2.24, 2.45) is 0 Å². The summed E-state index contributed by atoms with van der Waals surface area (Å²) in [6.07, 6.45) is 3.93. The van der Waals surface area contributed by atoms with Crippen LogP contribution in [0.15, 0.2) is 54.9 Å². The Morgan fingerprint density at radius 3 is 2.61 bits per heavy atom. The van der Waals surface area contributed by atoms with Crippen LogP contribution in [0.25, 0.3) is 5.65 Å². The van der Waals surface area contributed by atoms with Gasteiger partial charge >= 0.3 is 0 Å². The molecule has 0 aliphatic rings. The van der Waals surface area contributed by atoms with Gasteiger partial charge in [-0.1, -0.05) is 35.9 Å². The van der Waals surface area contributed by atoms with E-state index >= 15 is 0 Å². The lowest BCUT2D eigenvalue weighted by Crippen LogP contribution is -2.13. The maximum absolute atomic E-state index is 12.1. The van der Waals surface area contributed by atoms with Crippen molar-refractivity contribution in [3.05, 3.63) is 66.0 Å². The molecular formula is C18H17N3O2. The smallest absolute Gasteiger partial charge is 0.226 e. The van der Waals surface area contributed by atoms with Gasteiger partial charge in [0.05, 0.1) is 6.20 Å². The highest BCUT2D eigenvalue weighted by Gasteiger charge is 2.10. The summed E-state index contributed by atoms with van der Waals surface area (Å²) in [4.78, 5) is 28.3. The monoisotopic (exact) mass is 307 g/mol. The molecule has 116 valence electrons. The lowest BCUT2D eigenvalue weighted by Gasteiger charge is -2.02. The quantitative estimate of drug-likeness (QED) is 0.736. The lowest BCUT2D eigenvalue weighted by atomic mass is 10.1. The molecule has 0 spiro atoms. The average molecular weight is 307 g/mol. The number of ketones is 1. The number of Topliss-reactive ketones (excluding diaryl/α,β-unsaturated/α-hetero) is 1. The van der Waals surface area contributed by atoms with Crippen molar-refractivity contribution >= 4 is 23.2 Å². The minimum atomic E-state index is -0.214. The SMILES string of the molecule is Cc1ccc(C(=O)CCC(=O)Nc2cn3ccccc3n2)cc1. The van der Waals surface area contributed by atoms with Crippen molar-refractivity contribution < 1.29 is 9.59 Å². The van der Waals surface area contributed by atoms with E-state index in [1.807, 2.05) is 47.9 Å². The Bertz CT molecular complexity index is 817. The van der Waals surface area contributed by atoms with Crippen molar-refractivity contribution in [1.29, 1.82) is 0 Å². The highest BCUT2D eigenvalue weighted by Crippen LogP contribution is 2.11. The minimum Gasteiger partial charge on any atom is -0.309 e. The highest BCUT2D eigenvalue weighted by atomic mass is 16.2. The molecule has 0 bridgehead atoms. The van der Waals surface area contributed by atoms with Gasteiger partial charge in [0.2, 0.25) is 5.91 Å². The van der Waals surface area contributed by atoms with Gasteiger partial charge in [-0.15, -0.1) is 0 Å². The standard InChI is InChI=1S/C18H17N3O2/c1-13-5-7-14(8-6-13)15(22)9-10-18(23)20-16-12-21-11-3-2-4-17(21)19-16/h2-8,11-12H,9-10H2,1H3,(H,20,23). The van der Waals surface area contributed by atoms with Gasteiger partial charge in [0.1, 0.15) is 5.65 Å². The van der Waals surface area contributed by atoms with Gasteiger partial charge in [-0.25, -0.2) is 4.98 Å². The van der Waals surface area contributed by atoms with Crippen LogP contribution in [-0.2, 0) is 4.79 Å². The zero-order valence-electron chi connectivity index (χ0n) is 12.8. The third-order valence-corrected chi connectivity index (χ3v) is 3.58. The van der Waals surface area contributed by atoms with Gasteiger partial charge in [-0.2, -0.15) is 0 Å². The Balaban J connectivity index is 1.56. The van der Waals surface area contributed by atoms with Crippen molar-refractivity contribution in [2.75, 3.05) is 5.32 Å². The van der Waals surface area contributed by atoms with E-state index in [0.717, 1.165) is 11.2 Å². The molecule has 0 saturated heterocycles. The third-order valence-electron chi connectivity index (χ3n) is 3.58. The molecule has 1 aromatic carbocycles. The van der Waals surface area contributed by atoms with E-state index in [-0.39, 0.29) is 24.5 Å². The Labute approximate surface area is 134 Å². The zero-order valence-corrected chi connectivity index (χ0v) is 12.8. The van der Waals surface area contributed by atoms with Crippen LogP contribution in [0.5, 0.6) is 0 Å². The van der Waals surface area contributed by atoms with Crippen molar-refractivity contribution in [3.63, 3.8) is 0 Å². The molecule has 0 aliphatic carbocycles. The Morgan fingerprint density at radius 1 is 1.09 bits per heavy atom. The van der Waals surface area contributed by atoms with E-state index in [1.54, 1.807) is 18.3 Å². The molecule has 5 heteroatoms. The second-order valence-corrected chi connectivity index (χ2v) is 5.43. The minimum absolute atomic E-state index is 0.0323. The van der Waals surface area contributed by atoms with E-state index in [9.17, 15) is 9.59 Å². The summed E-state index contributed by atoms with van der Waals surface area (Å²) in [5.41, 5.74) is 2.50. The summed E-state index contributed by atoms with van der Waals surface area (Å²) >= 11 is 0. The van der Waals surface area contributed by atoms with Crippen LogP contribution in [-0.4, -0.2) is 21.1 Å². The van der Waals surface area contributed by atoms with Gasteiger partial charge in [0, 0.05) is 24.6 Å². The van der Waals surface area contributed by atoms with Crippen LogP contribution in [0.2, 0.25) is 0 Å².